The van der Waals surface area contributed by atoms with Gasteiger partial charge >= 0.3 is 0 Å². The van der Waals surface area contributed by atoms with Crippen molar-refractivity contribution in [2.45, 2.75) is 39.5 Å². The fourth-order valence-electron chi connectivity index (χ4n) is 2.09. The van der Waals surface area contributed by atoms with E-state index in [4.69, 9.17) is 0 Å². The standard InChI is InChI=1S/C15H18F2N2/c1-10(2)14-8-11(3)18-19(14)13-6-4-12(5-7-13)9-15(16)17/h4-8,10,15H,9H2,1-3H3. The molecule has 1 heterocycles. The monoisotopic (exact) mass is 264 g/mol. The number of benzene rings is 1. The number of nitrogens with zero attached hydrogens (tertiary/aromatic N) is 2. The first-order valence-electron chi connectivity index (χ1n) is 6.41. The van der Waals surface area contributed by atoms with Crippen LogP contribution in [0.1, 0.15) is 36.7 Å². The lowest BCUT2D eigenvalue weighted by molar-refractivity contribution is 0.149. The Hall–Kier alpha value is -1.71. The maximum atomic E-state index is 12.3. The zero-order chi connectivity index (χ0) is 14.0. The minimum Gasteiger partial charge on any atom is -0.237 e. The van der Waals surface area contributed by atoms with E-state index in [-0.39, 0.29) is 6.42 Å². The van der Waals surface area contributed by atoms with E-state index in [1.54, 1.807) is 12.1 Å². The van der Waals surface area contributed by atoms with Crippen LogP contribution in [-0.4, -0.2) is 16.2 Å². The van der Waals surface area contributed by atoms with E-state index in [1.807, 2.05) is 23.7 Å². The maximum absolute atomic E-state index is 12.3. The molecule has 19 heavy (non-hydrogen) atoms. The van der Waals surface area contributed by atoms with E-state index in [0.717, 1.165) is 17.1 Å². The van der Waals surface area contributed by atoms with Crippen molar-refractivity contribution in [1.29, 1.82) is 0 Å². The molecule has 0 aliphatic rings. The predicted molar refractivity (Wildman–Crippen MR) is 72.1 cm³/mol. The van der Waals surface area contributed by atoms with Crippen molar-refractivity contribution in [1.82, 2.24) is 9.78 Å². The Balaban J connectivity index is 2.32. The second-order valence-electron chi connectivity index (χ2n) is 5.04. The van der Waals surface area contributed by atoms with Crippen LogP contribution >= 0.6 is 0 Å². The summed E-state index contributed by atoms with van der Waals surface area (Å²) in [4.78, 5) is 0. The van der Waals surface area contributed by atoms with E-state index in [0.29, 0.717) is 11.5 Å². The van der Waals surface area contributed by atoms with E-state index in [2.05, 4.69) is 25.0 Å². The first-order valence-corrected chi connectivity index (χ1v) is 6.41. The molecule has 0 aliphatic carbocycles. The van der Waals surface area contributed by atoms with Crippen molar-refractivity contribution in [2.24, 2.45) is 0 Å². The molecule has 102 valence electrons. The van der Waals surface area contributed by atoms with Crippen molar-refractivity contribution in [3.05, 3.63) is 47.3 Å². The zero-order valence-corrected chi connectivity index (χ0v) is 11.4. The molecule has 0 unspecified atom stereocenters. The van der Waals surface area contributed by atoms with Crippen LogP contribution in [0.5, 0.6) is 0 Å². The number of rotatable bonds is 4. The highest BCUT2D eigenvalue weighted by Crippen LogP contribution is 2.20. The van der Waals surface area contributed by atoms with E-state index >= 15 is 0 Å². The highest BCUT2D eigenvalue weighted by molar-refractivity contribution is 5.37. The number of hydrogen-bond acceptors (Lipinski definition) is 1. The van der Waals surface area contributed by atoms with Crippen molar-refractivity contribution in [3.8, 4) is 5.69 Å². The highest BCUT2D eigenvalue weighted by Gasteiger charge is 2.11. The Labute approximate surface area is 112 Å². The highest BCUT2D eigenvalue weighted by atomic mass is 19.3. The smallest absolute Gasteiger partial charge is 0.237 e. The topological polar surface area (TPSA) is 17.8 Å². The first-order chi connectivity index (χ1) is 8.97. The Kier molecular flexibility index (Phi) is 3.98. The fourth-order valence-corrected chi connectivity index (χ4v) is 2.09. The van der Waals surface area contributed by atoms with Crippen LogP contribution in [0.25, 0.3) is 5.69 Å². The van der Waals surface area contributed by atoms with Crippen molar-refractivity contribution in [2.75, 3.05) is 0 Å². The summed E-state index contributed by atoms with van der Waals surface area (Å²) in [5.74, 6) is 0.363. The molecule has 0 atom stereocenters. The number of halogens is 2. The average molecular weight is 264 g/mol. The molecule has 2 aromatic rings. The molecule has 2 rings (SSSR count). The number of hydrogen-bond donors (Lipinski definition) is 0. The van der Waals surface area contributed by atoms with Gasteiger partial charge in [0.1, 0.15) is 0 Å². The molecular weight excluding hydrogens is 246 g/mol. The zero-order valence-electron chi connectivity index (χ0n) is 11.4. The third kappa shape index (κ3) is 3.19. The average Bonchev–Trinajstić information content (AvgIpc) is 2.72. The SMILES string of the molecule is Cc1cc(C(C)C)n(-c2ccc(CC(F)F)cc2)n1. The summed E-state index contributed by atoms with van der Waals surface area (Å²) in [6.07, 6.45) is -2.50. The van der Waals surface area contributed by atoms with E-state index in [9.17, 15) is 8.78 Å². The minimum absolute atomic E-state index is 0.199. The van der Waals surface area contributed by atoms with Crippen molar-refractivity contribution in [3.63, 3.8) is 0 Å². The Morgan fingerprint density at radius 3 is 2.32 bits per heavy atom. The van der Waals surface area contributed by atoms with Crippen LogP contribution in [0.15, 0.2) is 30.3 Å². The van der Waals surface area contributed by atoms with Gasteiger partial charge < -0.3 is 0 Å². The first kappa shape index (κ1) is 13.7. The molecule has 0 aliphatic heterocycles. The Bertz CT molecular complexity index is 542. The van der Waals surface area contributed by atoms with Gasteiger partial charge in [-0.15, -0.1) is 0 Å². The van der Waals surface area contributed by atoms with E-state index in [1.165, 1.54) is 0 Å². The summed E-state index contributed by atoms with van der Waals surface area (Å²) < 4.78 is 26.5. The van der Waals surface area contributed by atoms with E-state index < -0.39 is 6.43 Å². The minimum atomic E-state index is -2.30. The second kappa shape index (κ2) is 5.51. The van der Waals surface area contributed by atoms with Gasteiger partial charge in [-0.1, -0.05) is 26.0 Å². The summed E-state index contributed by atoms with van der Waals surface area (Å²) in [5, 5.41) is 4.46. The summed E-state index contributed by atoms with van der Waals surface area (Å²) in [5.41, 5.74) is 3.64. The normalized spacial score (nSPS) is 11.5. The van der Waals surface area contributed by atoms with Gasteiger partial charge in [0.15, 0.2) is 0 Å². The van der Waals surface area contributed by atoms with Gasteiger partial charge in [-0.2, -0.15) is 5.10 Å². The van der Waals surface area contributed by atoms with Gasteiger partial charge in [-0.05, 0) is 36.6 Å². The van der Waals surface area contributed by atoms with Crippen LogP contribution in [0.4, 0.5) is 8.78 Å². The Morgan fingerprint density at radius 1 is 1.16 bits per heavy atom. The molecule has 4 heteroatoms. The summed E-state index contributed by atoms with van der Waals surface area (Å²) in [6, 6.07) is 9.22. The van der Waals surface area contributed by atoms with Crippen LogP contribution < -0.4 is 0 Å². The third-order valence-corrected chi connectivity index (χ3v) is 3.02. The van der Waals surface area contributed by atoms with Gasteiger partial charge in [0.25, 0.3) is 0 Å². The fraction of sp³-hybridized carbons (Fsp3) is 0.400. The molecule has 0 N–H and O–H groups in total. The molecule has 1 aromatic heterocycles. The van der Waals surface area contributed by atoms with Gasteiger partial charge in [-0.25, -0.2) is 13.5 Å². The van der Waals surface area contributed by atoms with Crippen molar-refractivity contribution < 1.29 is 8.78 Å². The Morgan fingerprint density at radius 2 is 1.79 bits per heavy atom. The third-order valence-electron chi connectivity index (χ3n) is 3.02. The van der Waals surface area contributed by atoms with Gasteiger partial charge in [0.2, 0.25) is 6.43 Å². The van der Waals surface area contributed by atoms with Crippen LogP contribution in [0.3, 0.4) is 0 Å². The van der Waals surface area contributed by atoms with Gasteiger partial charge in [-0.3, -0.25) is 0 Å². The quantitative estimate of drug-likeness (QED) is 0.812. The molecule has 2 nitrogen and oxygen atoms in total. The molecule has 0 spiro atoms. The largest absolute Gasteiger partial charge is 0.242 e. The maximum Gasteiger partial charge on any atom is 0.242 e. The van der Waals surface area contributed by atoms with Crippen LogP contribution in [-0.2, 0) is 6.42 Å². The van der Waals surface area contributed by atoms with Gasteiger partial charge in [0, 0.05) is 12.1 Å². The number of alkyl halides is 2. The second-order valence-corrected chi connectivity index (χ2v) is 5.04. The van der Waals surface area contributed by atoms with Crippen LogP contribution in [0.2, 0.25) is 0 Å². The number of aromatic nitrogens is 2. The predicted octanol–water partition coefficient (Wildman–Crippen LogP) is 4.11. The lowest BCUT2D eigenvalue weighted by atomic mass is 10.1. The molecule has 0 amide bonds. The molecule has 0 fully saturated rings. The van der Waals surface area contributed by atoms with Crippen molar-refractivity contribution >= 4 is 0 Å². The lowest BCUT2D eigenvalue weighted by Crippen LogP contribution is -2.04. The molecule has 0 bridgehead atoms. The molecule has 0 saturated carbocycles. The molecule has 0 radical (unpaired) electrons. The molecule has 1 aromatic carbocycles. The number of aryl methyl sites for hydroxylation is 1. The molecular formula is C15H18F2N2. The summed E-state index contributed by atoms with van der Waals surface area (Å²) >= 11 is 0. The summed E-state index contributed by atoms with van der Waals surface area (Å²) in [6.45, 7) is 6.17. The lowest BCUT2D eigenvalue weighted by Gasteiger charge is -2.10. The van der Waals surface area contributed by atoms with Gasteiger partial charge in [0.05, 0.1) is 11.4 Å². The molecule has 0 saturated heterocycles. The van der Waals surface area contributed by atoms with Crippen LogP contribution in [0, 0.1) is 6.92 Å². The summed E-state index contributed by atoms with van der Waals surface area (Å²) in [7, 11) is 0.